The Bertz CT molecular complexity index is 395. The molecular weight excluding hydrogens is 238 g/mol. The monoisotopic (exact) mass is 256 g/mol. The van der Waals surface area contributed by atoms with E-state index < -0.39 is 11.6 Å². The summed E-state index contributed by atoms with van der Waals surface area (Å²) in [4.78, 5) is 0. The molecule has 3 N–H and O–H groups in total. The SMILES string of the molecule is NCC(NCC1CCCO1)c1cc(F)ccc1F. The lowest BCUT2D eigenvalue weighted by Crippen LogP contribution is -2.34. The molecule has 1 aliphatic heterocycles. The van der Waals surface area contributed by atoms with Gasteiger partial charge in [0, 0.05) is 31.3 Å². The molecule has 100 valence electrons. The molecular formula is C13H18F2N2O. The van der Waals surface area contributed by atoms with Crippen molar-refractivity contribution in [3.05, 3.63) is 35.4 Å². The maximum absolute atomic E-state index is 13.6. The van der Waals surface area contributed by atoms with E-state index in [9.17, 15) is 8.78 Å². The maximum atomic E-state index is 13.6. The number of halogens is 2. The summed E-state index contributed by atoms with van der Waals surface area (Å²) in [7, 11) is 0. The second-order valence-electron chi connectivity index (χ2n) is 4.50. The van der Waals surface area contributed by atoms with Crippen molar-refractivity contribution >= 4 is 0 Å². The Kier molecular flexibility index (Phi) is 4.63. The van der Waals surface area contributed by atoms with Gasteiger partial charge in [-0.2, -0.15) is 0 Å². The van der Waals surface area contributed by atoms with Crippen molar-refractivity contribution < 1.29 is 13.5 Å². The van der Waals surface area contributed by atoms with E-state index in [0.717, 1.165) is 31.6 Å². The molecule has 0 aromatic heterocycles. The van der Waals surface area contributed by atoms with Crippen molar-refractivity contribution in [2.45, 2.75) is 25.0 Å². The van der Waals surface area contributed by atoms with E-state index in [1.54, 1.807) is 0 Å². The van der Waals surface area contributed by atoms with Crippen LogP contribution in [-0.2, 0) is 4.74 Å². The molecule has 2 atom stereocenters. The lowest BCUT2D eigenvalue weighted by molar-refractivity contribution is 0.107. The van der Waals surface area contributed by atoms with Crippen LogP contribution in [0.1, 0.15) is 24.4 Å². The number of benzene rings is 1. The van der Waals surface area contributed by atoms with E-state index in [4.69, 9.17) is 10.5 Å². The highest BCUT2D eigenvalue weighted by Crippen LogP contribution is 2.19. The van der Waals surface area contributed by atoms with Gasteiger partial charge in [0.25, 0.3) is 0 Å². The van der Waals surface area contributed by atoms with Crippen LogP contribution >= 0.6 is 0 Å². The normalized spacial score (nSPS) is 21.2. The Morgan fingerprint density at radius 3 is 2.94 bits per heavy atom. The average Bonchev–Trinajstić information content (AvgIpc) is 2.87. The van der Waals surface area contributed by atoms with E-state index in [2.05, 4.69) is 5.32 Å². The molecule has 2 unspecified atom stereocenters. The quantitative estimate of drug-likeness (QED) is 0.843. The van der Waals surface area contributed by atoms with Crippen LogP contribution in [0, 0.1) is 11.6 Å². The van der Waals surface area contributed by atoms with Crippen LogP contribution in [0.25, 0.3) is 0 Å². The Hall–Kier alpha value is -1.04. The summed E-state index contributed by atoms with van der Waals surface area (Å²) in [5, 5.41) is 3.14. The predicted octanol–water partition coefficient (Wildman–Crippen LogP) is 1.73. The first kappa shape index (κ1) is 13.4. The van der Waals surface area contributed by atoms with Crippen LogP contribution in [-0.4, -0.2) is 25.8 Å². The van der Waals surface area contributed by atoms with E-state index in [-0.39, 0.29) is 24.3 Å². The molecule has 0 aliphatic carbocycles. The molecule has 1 fully saturated rings. The molecule has 5 heteroatoms. The summed E-state index contributed by atoms with van der Waals surface area (Å²) in [6.07, 6.45) is 2.19. The van der Waals surface area contributed by atoms with Gasteiger partial charge in [0.1, 0.15) is 11.6 Å². The Labute approximate surface area is 105 Å². The van der Waals surface area contributed by atoms with Gasteiger partial charge in [-0.3, -0.25) is 0 Å². The molecule has 1 aromatic rings. The van der Waals surface area contributed by atoms with Gasteiger partial charge in [-0.25, -0.2) is 8.78 Å². The van der Waals surface area contributed by atoms with Gasteiger partial charge < -0.3 is 15.8 Å². The third-order valence-corrected chi connectivity index (χ3v) is 3.19. The number of nitrogens with one attached hydrogen (secondary N) is 1. The Morgan fingerprint density at radius 2 is 2.28 bits per heavy atom. The van der Waals surface area contributed by atoms with Crippen molar-refractivity contribution in [1.29, 1.82) is 0 Å². The Morgan fingerprint density at radius 1 is 1.44 bits per heavy atom. The summed E-state index contributed by atoms with van der Waals surface area (Å²) in [6.45, 7) is 1.60. The molecule has 2 rings (SSSR count). The molecule has 1 saturated heterocycles. The van der Waals surface area contributed by atoms with E-state index in [1.165, 1.54) is 6.07 Å². The van der Waals surface area contributed by atoms with Crippen LogP contribution in [0.2, 0.25) is 0 Å². The fourth-order valence-corrected chi connectivity index (χ4v) is 2.18. The van der Waals surface area contributed by atoms with Gasteiger partial charge in [0.2, 0.25) is 0 Å². The molecule has 1 heterocycles. The van der Waals surface area contributed by atoms with Crippen LogP contribution < -0.4 is 11.1 Å². The van der Waals surface area contributed by atoms with E-state index in [1.807, 2.05) is 0 Å². The zero-order valence-corrected chi connectivity index (χ0v) is 10.2. The second kappa shape index (κ2) is 6.22. The summed E-state index contributed by atoms with van der Waals surface area (Å²) in [5.74, 6) is -0.893. The van der Waals surface area contributed by atoms with Crippen LogP contribution in [0.4, 0.5) is 8.78 Å². The number of nitrogens with two attached hydrogens (primary N) is 1. The van der Waals surface area contributed by atoms with Crippen molar-refractivity contribution in [1.82, 2.24) is 5.32 Å². The average molecular weight is 256 g/mol. The smallest absolute Gasteiger partial charge is 0.128 e. The fourth-order valence-electron chi connectivity index (χ4n) is 2.18. The van der Waals surface area contributed by atoms with Gasteiger partial charge in [-0.1, -0.05) is 0 Å². The third kappa shape index (κ3) is 3.25. The molecule has 0 radical (unpaired) electrons. The van der Waals surface area contributed by atoms with Crippen molar-refractivity contribution in [2.75, 3.05) is 19.7 Å². The summed E-state index contributed by atoms with van der Waals surface area (Å²) in [5.41, 5.74) is 5.89. The number of rotatable bonds is 5. The van der Waals surface area contributed by atoms with E-state index >= 15 is 0 Å². The summed E-state index contributed by atoms with van der Waals surface area (Å²) in [6, 6.07) is 3.04. The number of ether oxygens (including phenoxy) is 1. The predicted molar refractivity (Wildman–Crippen MR) is 65.1 cm³/mol. The first-order valence-corrected chi connectivity index (χ1v) is 6.20. The van der Waals surface area contributed by atoms with Gasteiger partial charge in [-0.05, 0) is 31.0 Å². The number of hydrogen-bond acceptors (Lipinski definition) is 3. The topological polar surface area (TPSA) is 47.3 Å². The van der Waals surface area contributed by atoms with Crippen LogP contribution in [0.15, 0.2) is 18.2 Å². The van der Waals surface area contributed by atoms with Gasteiger partial charge in [0.15, 0.2) is 0 Å². The minimum atomic E-state index is -0.455. The molecule has 3 nitrogen and oxygen atoms in total. The molecule has 0 bridgehead atoms. The standard InChI is InChI=1S/C13H18F2N2O/c14-9-3-4-12(15)11(6-9)13(7-16)17-8-10-2-1-5-18-10/h3-4,6,10,13,17H,1-2,5,7-8,16H2. The van der Waals surface area contributed by atoms with Crippen molar-refractivity contribution in [3.63, 3.8) is 0 Å². The highest BCUT2D eigenvalue weighted by Gasteiger charge is 2.19. The highest BCUT2D eigenvalue weighted by molar-refractivity contribution is 5.22. The maximum Gasteiger partial charge on any atom is 0.128 e. The molecule has 1 aromatic carbocycles. The lowest BCUT2D eigenvalue weighted by Gasteiger charge is -2.20. The van der Waals surface area contributed by atoms with Gasteiger partial charge >= 0.3 is 0 Å². The third-order valence-electron chi connectivity index (χ3n) is 3.19. The minimum absolute atomic E-state index is 0.149. The largest absolute Gasteiger partial charge is 0.377 e. The highest BCUT2D eigenvalue weighted by atomic mass is 19.1. The van der Waals surface area contributed by atoms with Crippen molar-refractivity contribution in [2.24, 2.45) is 5.73 Å². The van der Waals surface area contributed by atoms with Crippen LogP contribution in [0.3, 0.4) is 0 Å². The Balaban J connectivity index is 2.00. The molecule has 18 heavy (non-hydrogen) atoms. The first-order valence-electron chi connectivity index (χ1n) is 6.20. The van der Waals surface area contributed by atoms with Crippen molar-refractivity contribution in [3.8, 4) is 0 Å². The minimum Gasteiger partial charge on any atom is -0.377 e. The van der Waals surface area contributed by atoms with Crippen LogP contribution in [0.5, 0.6) is 0 Å². The fraction of sp³-hybridized carbons (Fsp3) is 0.538. The molecule has 0 amide bonds. The zero-order chi connectivity index (χ0) is 13.0. The first-order chi connectivity index (χ1) is 8.70. The molecule has 0 saturated carbocycles. The zero-order valence-electron chi connectivity index (χ0n) is 10.2. The van der Waals surface area contributed by atoms with Gasteiger partial charge in [-0.15, -0.1) is 0 Å². The summed E-state index contributed by atoms with van der Waals surface area (Å²) < 4.78 is 32.2. The van der Waals surface area contributed by atoms with Gasteiger partial charge in [0.05, 0.1) is 6.10 Å². The molecule has 1 aliphatic rings. The number of hydrogen-bond donors (Lipinski definition) is 2. The van der Waals surface area contributed by atoms with E-state index in [0.29, 0.717) is 6.54 Å². The second-order valence-corrected chi connectivity index (χ2v) is 4.50. The lowest BCUT2D eigenvalue weighted by atomic mass is 10.1. The molecule has 0 spiro atoms. The summed E-state index contributed by atoms with van der Waals surface area (Å²) >= 11 is 0.